The second-order valence-corrected chi connectivity index (χ2v) is 7.42. The monoisotopic (exact) mass is 370 g/mol. The summed E-state index contributed by atoms with van der Waals surface area (Å²) in [6, 6.07) is 4.40. The highest BCUT2D eigenvalue weighted by atomic mass is 16.2. The van der Waals surface area contributed by atoms with Crippen LogP contribution < -0.4 is 11.1 Å². The van der Waals surface area contributed by atoms with Crippen LogP contribution in [0.5, 0.6) is 0 Å². The number of carbonyl (C=O) groups is 4. The number of amides is 4. The Balaban J connectivity index is 1.61. The van der Waals surface area contributed by atoms with Crippen LogP contribution in [0.25, 0.3) is 0 Å². The molecule has 1 aromatic carbocycles. The molecule has 0 aliphatic carbocycles. The van der Waals surface area contributed by atoms with E-state index in [2.05, 4.69) is 10.2 Å². The zero-order chi connectivity index (χ0) is 19.1. The molecule has 3 aliphatic rings. The molecule has 4 rings (SSSR count). The number of carbonyl (C=O) groups excluding carboxylic acids is 4. The molecule has 27 heavy (non-hydrogen) atoms. The van der Waals surface area contributed by atoms with Crippen LogP contribution in [0.4, 0.5) is 0 Å². The second kappa shape index (κ2) is 6.86. The molecule has 3 heterocycles. The van der Waals surface area contributed by atoms with Crippen LogP contribution in [0, 0.1) is 0 Å². The predicted molar refractivity (Wildman–Crippen MR) is 95.6 cm³/mol. The molecule has 0 radical (unpaired) electrons. The van der Waals surface area contributed by atoms with Crippen molar-refractivity contribution < 1.29 is 19.2 Å². The van der Waals surface area contributed by atoms with E-state index in [1.807, 2.05) is 6.07 Å². The second-order valence-electron chi connectivity index (χ2n) is 7.42. The highest BCUT2D eigenvalue weighted by molar-refractivity contribution is 6.24. The van der Waals surface area contributed by atoms with E-state index in [0.717, 1.165) is 36.4 Å². The van der Waals surface area contributed by atoms with E-state index >= 15 is 0 Å². The van der Waals surface area contributed by atoms with E-state index in [9.17, 15) is 19.2 Å². The van der Waals surface area contributed by atoms with Crippen molar-refractivity contribution in [3.8, 4) is 0 Å². The Morgan fingerprint density at radius 3 is 2.67 bits per heavy atom. The van der Waals surface area contributed by atoms with E-state index in [4.69, 9.17) is 5.73 Å². The molecule has 0 saturated carbocycles. The van der Waals surface area contributed by atoms with Gasteiger partial charge in [-0.1, -0.05) is 12.1 Å². The first-order chi connectivity index (χ1) is 13.0. The number of nitrogens with zero attached hydrogens (tertiary/aromatic N) is 2. The molecule has 2 saturated heterocycles. The minimum atomic E-state index is -0.939. The van der Waals surface area contributed by atoms with Crippen molar-refractivity contribution in [1.29, 1.82) is 0 Å². The molecule has 3 N–H and O–H groups in total. The van der Waals surface area contributed by atoms with Gasteiger partial charge in [-0.25, -0.2) is 0 Å². The lowest BCUT2D eigenvalue weighted by Gasteiger charge is -2.31. The molecule has 4 amide bonds. The predicted octanol–water partition coefficient (Wildman–Crippen LogP) is 0.0109. The number of piperidine rings is 2. The third-order valence-corrected chi connectivity index (χ3v) is 5.49. The maximum Gasteiger partial charge on any atom is 0.262 e. The summed E-state index contributed by atoms with van der Waals surface area (Å²) in [5.74, 6) is -1.90. The van der Waals surface area contributed by atoms with Gasteiger partial charge in [0, 0.05) is 25.6 Å². The minimum absolute atomic E-state index is 0.113. The highest BCUT2D eigenvalue weighted by Crippen LogP contribution is 2.30. The molecule has 0 bridgehead atoms. The number of rotatable bonds is 3. The fraction of sp³-hybridized carbons (Fsp3) is 0.474. The summed E-state index contributed by atoms with van der Waals surface area (Å²) >= 11 is 0. The lowest BCUT2D eigenvalue weighted by molar-refractivity contribution is -0.136. The average molecular weight is 370 g/mol. The fourth-order valence-corrected chi connectivity index (χ4v) is 4.19. The molecular weight excluding hydrogens is 348 g/mol. The fourth-order valence-electron chi connectivity index (χ4n) is 4.19. The van der Waals surface area contributed by atoms with Crippen LogP contribution in [-0.4, -0.2) is 58.6 Å². The Kier molecular flexibility index (Phi) is 4.53. The van der Waals surface area contributed by atoms with Gasteiger partial charge in [0.25, 0.3) is 11.8 Å². The molecule has 2 atom stereocenters. The van der Waals surface area contributed by atoms with Crippen LogP contribution in [0.1, 0.15) is 52.0 Å². The van der Waals surface area contributed by atoms with Crippen molar-refractivity contribution in [1.82, 2.24) is 15.1 Å². The van der Waals surface area contributed by atoms with Crippen LogP contribution in [0.15, 0.2) is 18.2 Å². The number of fused-ring (bicyclic) bond motifs is 1. The highest BCUT2D eigenvalue weighted by Gasteiger charge is 2.45. The topological polar surface area (TPSA) is 113 Å². The van der Waals surface area contributed by atoms with Crippen molar-refractivity contribution in [2.45, 2.75) is 44.3 Å². The first-order valence-electron chi connectivity index (χ1n) is 9.27. The summed E-state index contributed by atoms with van der Waals surface area (Å²) in [6.45, 7) is 2.19. The van der Waals surface area contributed by atoms with Crippen molar-refractivity contribution in [2.75, 3.05) is 13.1 Å². The summed E-state index contributed by atoms with van der Waals surface area (Å²) in [5.41, 5.74) is 7.51. The maximum absolute atomic E-state index is 13.1. The summed E-state index contributed by atoms with van der Waals surface area (Å²) in [7, 11) is 0. The summed E-state index contributed by atoms with van der Waals surface area (Å²) in [5, 5.41) is 2.21. The lowest BCUT2D eigenvalue weighted by atomic mass is 10.0. The summed E-state index contributed by atoms with van der Waals surface area (Å²) in [4.78, 5) is 52.6. The van der Waals surface area contributed by atoms with Crippen molar-refractivity contribution in [3.63, 3.8) is 0 Å². The molecule has 142 valence electrons. The summed E-state index contributed by atoms with van der Waals surface area (Å²) in [6.07, 6.45) is 2.27. The third kappa shape index (κ3) is 3.15. The minimum Gasteiger partial charge on any atom is -0.327 e. The van der Waals surface area contributed by atoms with E-state index in [0.29, 0.717) is 17.7 Å². The van der Waals surface area contributed by atoms with Crippen molar-refractivity contribution in [3.05, 3.63) is 34.9 Å². The Bertz CT molecular complexity index is 837. The number of hydrogen-bond acceptors (Lipinski definition) is 6. The number of benzene rings is 1. The van der Waals surface area contributed by atoms with Gasteiger partial charge in [-0.05, 0) is 37.4 Å². The molecule has 0 aromatic heterocycles. The molecule has 3 aliphatic heterocycles. The lowest BCUT2D eigenvalue weighted by Crippen LogP contribution is -2.54. The van der Waals surface area contributed by atoms with E-state index in [1.54, 1.807) is 12.1 Å². The Morgan fingerprint density at radius 1 is 1.11 bits per heavy atom. The Hall–Kier alpha value is -2.58. The number of nitrogens with one attached hydrogen (secondary N) is 1. The van der Waals surface area contributed by atoms with E-state index in [-0.39, 0.29) is 24.8 Å². The van der Waals surface area contributed by atoms with Crippen molar-refractivity contribution >= 4 is 23.6 Å². The third-order valence-electron chi connectivity index (χ3n) is 5.49. The van der Waals surface area contributed by atoms with Gasteiger partial charge in [0.1, 0.15) is 6.04 Å². The van der Waals surface area contributed by atoms with Gasteiger partial charge in [0.05, 0.1) is 11.1 Å². The molecule has 1 aromatic rings. The standard InChI is InChI=1S/C19H22N4O4/c20-12-4-2-8-22(10-12)9-11-3-1-5-13-16(11)19(27)23(18(13)26)14-6-7-15(24)21-17(14)25/h1,3,5,12,14H,2,4,6-10,20H2,(H,21,24,25). The average Bonchev–Trinajstić information content (AvgIpc) is 2.87. The van der Waals surface area contributed by atoms with Gasteiger partial charge in [-0.15, -0.1) is 0 Å². The van der Waals surface area contributed by atoms with Crippen LogP contribution in [0.2, 0.25) is 0 Å². The Labute approximate surface area is 156 Å². The van der Waals surface area contributed by atoms with Crippen LogP contribution >= 0.6 is 0 Å². The van der Waals surface area contributed by atoms with Gasteiger partial charge in [-0.3, -0.25) is 34.3 Å². The smallest absolute Gasteiger partial charge is 0.262 e. The zero-order valence-electron chi connectivity index (χ0n) is 14.9. The summed E-state index contributed by atoms with van der Waals surface area (Å²) < 4.78 is 0. The maximum atomic E-state index is 13.1. The van der Waals surface area contributed by atoms with Crippen molar-refractivity contribution in [2.24, 2.45) is 5.73 Å². The number of imide groups is 2. The number of hydrogen-bond donors (Lipinski definition) is 2. The van der Waals surface area contributed by atoms with Crippen LogP contribution in [-0.2, 0) is 16.1 Å². The molecule has 2 fully saturated rings. The van der Waals surface area contributed by atoms with E-state index in [1.165, 1.54) is 0 Å². The SMILES string of the molecule is NC1CCCN(Cc2cccc3c2C(=O)N(C2CCC(=O)NC2=O)C3=O)C1. The van der Waals surface area contributed by atoms with Gasteiger partial charge in [0.2, 0.25) is 11.8 Å². The molecule has 0 spiro atoms. The molecule has 2 unspecified atom stereocenters. The van der Waals surface area contributed by atoms with Gasteiger partial charge in [-0.2, -0.15) is 0 Å². The quantitative estimate of drug-likeness (QED) is 0.725. The molecule has 8 nitrogen and oxygen atoms in total. The van der Waals surface area contributed by atoms with Gasteiger partial charge >= 0.3 is 0 Å². The van der Waals surface area contributed by atoms with Crippen LogP contribution in [0.3, 0.4) is 0 Å². The molecular formula is C19H22N4O4. The first kappa shape index (κ1) is 17.8. The number of likely N-dealkylation sites (tertiary alicyclic amines) is 1. The van der Waals surface area contributed by atoms with E-state index < -0.39 is 23.8 Å². The molecule has 8 heteroatoms. The number of nitrogens with two attached hydrogens (primary N) is 1. The zero-order valence-corrected chi connectivity index (χ0v) is 14.9. The van der Waals surface area contributed by atoms with Gasteiger partial charge < -0.3 is 5.73 Å². The van der Waals surface area contributed by atoms with Gasteiger partial charge in [0.15, 0.2) is 0 Å². The first-order valence-corrected chi connectivity index (χ1v) is 9.27. The Morgan fingerprint density at radius 2 is 1.93 bits per heavy atom. The normalized spacial score (nSPS) is 26.3. The largest absolute Gasteiger partial charge is 0.327 e.